The van der Waals surface area contributed by atoms with Gasteiger partial charge in [0, 0.05) is 66.1 Å². The van der Waals surface area contributed by atoms with Crippen molar-refractivity contribution in [2.24, 2.45) is 4.99 Å². The Balaban J connectivity index is 0.00000784. The number of ether oxygens (including phenoxy) is 2. The number of piperazine rings is 1. The monoisotopic (exact) mass is 527 g/mol. The van der Waals surface area contributed by atoms with Crippen molar-refractivity contribution in [2.45, 2.75) is 52.6 Å². The summed E-state index contributed by atoms with van der Waals surface area (Å²) in [5.41, 5.74) is -0.442. The minimum absolute atomic E-state index is 0. The van der Waals surface area contributed by atoms with Crippen LogP contribution in [0.4, 0.5) is 4.79 Å². The molecular weight excluding hydrogens is 485 g/mol. The van der Waals surface area contributed by atoms with E-state index in [0.29, 0.717) is 13.1 Å². The molecule has 0 atom stereocenters. The number of rotatable bonds is 10. The van der Waals surface area contributed by atoms with Crippen LogP contribution in [0.1, 0.15) is 47.0 Å². The average molecular weight is 527 g/mol. The van der Waals surface area contributed by atoms with Crippen LogP contribution in [0.5, 0.6) is 0 Å². The maximum Gasteiger partial charge on any atom is 0.410 e. The average Bonchev–Trinajstić information content (AvgIpc) is 2.65. The van der Waals surface area contributed by atoms with Crippen LogP contribution in [0.2, 0.25) is 0 Å². The number of halogens is 1. The molecular formula is C20H42IN5O3. The molecule has 0 aromatic heterocycles. The Labute approximate surface area is 194 Å². The first-order valence-corrected chi connectivity index (χ1v) is 10.6. The minimum Gasteiger partial charge on any atom is -0.444 e. The van der Waals surface area contributed by atoms with Gasteiger partial charge in [0.05, 0.1) is 0 Å². The van der Waals surface area contributed by atoms with Crippen LogP contribution >= 0.6 is 24.0 Å². The second-order valence-electron chi connectivity index (χ2n) is 8.05. The van der Waals surface area contributed by atoms with E-state index in [2.05, 4.69) is 27.4 Å². The lowest BCUT2D eigenvalue weighted by atomic mass is 10.2. The first kappa shape index (κ1) is 28.2. The van der Waals surface area contributed by atoms with Gasteiger partial charge in [-0.15, -0.1) is 24.0 Å². The lowest BCUT2D eigenvalue weighted by molar-refractivity contribution is 0.0147. The third-order valence-corrected chi connectivity index (χ3v) is 4.37. The van der Waals surface area contributed by atoms with Gasteiger partial charge in [0.2, 0.25) is 0 Å². The molecule has 29 heavy (non-hydrogen) atoms. The van der Waals surface area contributed by atoms with Crippen molar-refractivity contribution in [1.82, 2.24) is 20.4 Å². The fourth-order valence-corrected chi connectivity index (χ4v) is 2.76. The first-order chi connectivity index (χ1) is 13.4. The van der Waals surface area contributed by atoms with Gasteiger partial charge in [0.15, 0.2) is 5.96 Å². The van der Waals surface area contributed by atoms with Gasteiger partial charge in [-0.2, -0.15) is 0 Å². The van der Waals surface area contributed by atoms with E-state index >= 15 is 0 Å². The van der Waals surface area contributed by atoms with Crippen LogP contribution < -0.4 is 10.6 Å². The largest absolute Gasteiger partial charge is 0.444 e. The summed E-state index contributed by atoms with van der Waals surface area (Å²) in [5.74, 6) is 0.820. The molecule has 0 unspecified atom stereocenters. The molecule has 0 aliphatic carbocycles. The minimum atomic E-state index is -0.442. The number of carbonyl (C=O) groups is 1. The number of guanidine groups is 1. The Bertz CT molecular complexity index is 464. The second kappa shape index (κ2) is 16.0. The molecule has 0 aromatic carbocycles. The van der Waals surface area contributed by atoms with E-state index in [9.17, 15) is 4.79 Å². The molecule has 1 fully saturated rings. The number of hydrogen-bond acceptors (Lipinski definition) is 5. The number of nitrogens with one attached hydrogen (secondary N) is 2. The molecule has 1 rings (SSSR count). The molecule has 0 aromatic rings. The number of unbranched alkanes of at least 4 members (excludes halogenated alkanes) is 1. The highest BCUT2D eigenvalue weighted by Crippen LogP contribution is 2.11. The maximum absolute atomic E-state index is 12.1. The van der Waals surface area contributed by atoms with Crippen LogP contribution in [0.3, 0.4) is 0 Å². The van der Waals surface area contributed by atoms with Crippen molar-refractivity contribution in [3.63, 3.8) is 0 Å². The van der Waals surface area contributed by atoms with E-state index in [4.69, 9.17) is 9.47 Å². The summed E-state index contributed by atoms with van der Waals surface area (Å²) in [4.78, 5) is 20.5. The van der Waals surface area contributed by atoms with Gasteiger partial charge in [-0.3, -0.25) is 9.89 Å². The highest BCUT2D eigenvalue weighted by Gasteiger charge is 2.25. The van der Waals surface area contributed by atoms with Gasteiger partial charge in [0.25, 0.3) is 0 Å². The fourth-order valence-electron chi connectivity index (χ4n) is 2.76. The molecule has 1 amide bonds. The highest BCUT2D eigenvalue weighted by molar-refractivity contribution is 14.0. The van der Waals surface area contributed by atoms with Crippen molar-refractivity contribution in [3.05, 3.63) is 0 Å². The van der Waals surface area contributed by atoms with E-state index in [1.807, 2.05) is 20.8 Å². The molecule has 1 saturated heterocycles. The van der Waals surface area contributed by atoms with E-state index < -0.39 is 5.60 Å². The second-order valence-corrected chi connectivity index (χ2v) is 8.05. The van der Waals surface area contributed by atoms with Crippen molar-refractivity contribution >= 4 is 36.0 Å². The molecule has 2 N–H and O–H groups in total. The summed E-state index contributed by atoms with van der Waals surface area (Å²) in [6, 6.07) is 0. The van der Waals surface area contributed by atoms with Crippen molar-refractivity contribution in [2.75, 3.05) is 66.1 Å². The maximum atomic E-state index is 12.1. The molecule has 0 radical (unpaired) electrons. The van der Waals surface area contributed by atoms with Crippen LogP contribution in [0, 0.1) is 0 Å². The van der Waals surface area contributed by atoms with Gasteiger partial charge >= 0.3 is 6.09 Å². The summed E-state index contributed by atoms with van der Waals surface area (Å²) in [7, 11) is 1.78. The van der Waals surface area contributed by atoms with Gasteiger partial charge in [-0.05, 0) is 33.6 Å². The zero-order valence-electron chi connectivity index (χ0n) is 19.0. The Morgan fingerprint density at radius 3 is 2.24 bits per heavy atom. The standard InChI is InChI=1S/C20H41N5O3.HI/c1-6-7-16-27-17-8-9-22-18(21-5)23-10-11-24-12-14-25(15-13-24)19(26)28-20(2,3)4;/h6-17H2,1-5H3,(H2,21,22,23);1H. The number of hydrogen-bond donors (Lipinski definition) is 2. The lowest BCUT2D eigenvalue weighted by Crippen LogP contribution is -2.51. The molecule has 1 heterocycles. The van der Waals surface area contributed by atoms with Crippen LogP contribution in [-0.2, 0) is 9.47 Å². The predicted octanol–water partition coefficient (Wildman–Crippen LogP) is 2.53. The summed E-state index contributed by atoms with van der Waals surface area (Å²) in [5, 5.41) is 6.66. The fraction of sp³-hybridized carbons (Fsp3) is 0.900. The molecule has 0 bridgehead atoms. The first-order valence-electron chi connectivity index (χ1n) is 10.6. The molecule has 9 heteroatoms. The van der Waals surface area contributed by atoms with Crippen LogP contribution in [-0.4, -0.2) is 93.5 Å². The molecule has 0 saturated carbocycles. The summed E-state index contributed by atoms with van der Waals surface area (Å²) >= 11 is 0. The zero-order valence-corrected chi connectivity index (χ0v) is 21.3. The Hall–Kier alpha value is -0.810. The van der Waals surface area contributed by atoms with Gasteiger partial charge in [-0.25, -0.2) is 4.79 Å². The van der Waals surface area contributed by atoms with Crippen LogP contribution in [0.15, 0.2) is 4.99 Å². The van der Waals surface area contributed by atoms with Crippen molar-refractivity contribution < 1.29 is 14.3 Å². The van der Waals surface area contributed by atoms with Gasteiger partial charge < -0.3 is 25.0 Å². The molecule has 172 valence electrons. The van der Waals surface area contributed by atoms with E-state index in [-0.39, 0.29) is 30.1 Å². The third kappa shape index (κ3) is 13.9. The van der Waals surface area contributed by atoms with Crippen molar-refractivity contribution in [1.29, 1.82) is 0 Å². The lowest BCUT2D eigenvalue weighted by Gasteiger charge is -2.35. The number of carbonyl (C=O) groups excluding carboxylic acids is 1. The zero-order chi connectivity index (χ0) is 20.8. The number of aliphatic imine (C=N–C) groups is 1. The van der Waals surface area contributed by atoms with Gasteiger partial charge in [-0.1, -0.05) is 13.3 Å². The van der Waals surface area contributed by atoms with Crippen molar-refractivity contribution in [3.8, 4) is 0 Å². The number of nitrogens with zero attached hydrogens (tertiary/aromatic N) is 3. The summed E-state index contributed by atoms with van der Waals surface area (Å²) < 4.78 is 11.0. The summed E-state index contributed by atoms with van der Waals surface area (Å²) in [6.45, 7) is 15.2. The third-order valence-electron chi connectivity index (χ3n) is 4.37. The van der Waals surface area contributed by atoms with E-state index in [0.717, 1.165) is 64.7 Å². The number of amides is 1. The quantitative estimate of drug-likeness (QED) is 0.197. The molecule has 1 aliphatic heterocycles. The smallest absolute Gasteiger partial charge is 0.410 e. The summed E-state index contributed by atoms with van der Waals surface area (Å²) in [6.07, 6.45) is 3.05. The SMILES string of the molecule is CCCCOCCCNC(=NC)NCCN1CCN(C(=O)OC(C)(C)C)CC1.I. The normalized spacial score (nSPS) is 15.6. The molecule has 1 aliphatic rings. The van der Waals surface area contributed by atoms with E-state index in [1.54, 1.807) is 11.9 Å². The Morgan fingerprint density at radius 2 is 1.66 bits per heavy atom. The predicted molar refractivity (Wildman–Crippen MR) is 129 cm³/mol. The van der Waals surface area contributed by atoms with Crippen LogP contribution in [0.25, 0.3) is 0 Å². The Kier molecular flexibility index (Phi) is 15.5. The topological polar surface area (TPSA) is 78.4 Å². The highest BCUT2D eigenvalue weighted by atomic mass is 127. The van der Waals surface area contributed by atoms with Gasteiger partial charge in [0.1, 0.15) is 5.60 Å². The molecule has 8 nitrogen and oxygen atoms in total. The Morgan fingerprint density at radius 1 is 1.03 bits per heavy atom. The van der Waals surface area contributed by atoms with E-state index in [1.165, 1.54) is 6.42 Å². The molecule has 0 spiro atoms.